The minimum absolute atomic E-state index is 0.102. The minimum Gasteiger partial charge on any atom is -0.508 e. The van der Waals surface area contributed by atoms with Crippen LogP contribution in [0.1, 0.15) is 40.7 Å². The van der Waals surface area contributed by atoms with E-state index < -0.39 is 5.92 Å². The van der Waals surface area contributed by atoms with Gasteiger partial charge in [-0.25, -0.2) is 0 Å². The Balaban J connectivity index is 0.900. The second-order valence-corrected chi connectivity index (χ2v) is 17.4. The number of hydrogen-bond donors (Lipinski definition) is 4. The number of rotatable bonds is 17. The van der Waals surface area contributed by atoms with Crippen molar-refractivity contribution in [3.8, 4) is 5.75 Å². The molecule has 61 heavy (non-hydrogen) atoms. The molecule has 0 radical (unpaired) electrons. The van der Waals surface area contributed by atoms with Crippen LogP contribution in [0.4, 0.5) is 28.4 Å². The number of benzene rings is 5. The lowest BCUT2D eigenvalue weighted by atomic mass is 9.98. The van der Waals surface area contributed by atoms with E-state index in [1.807, 2.05) is 98.8 Å². The van der Waals surface area contributed by atoms with E-state index in [1.54, 1.807) is 30.0 Å². The molecule has 12 nitrogen and oxygen atoms in total. The quantitative estimate of drug-likeness (QED) is 0.0405. The van der Waals surface area contributed by atoms with Gasteiger partial charge in [0.2, 0.25) is 5.91 Å². The van der Waals surface area contributed by atoms with Crippen LogP contribution in [-0.4, -0.2) is 92.6 Å². The Labute approximate surface area is 366 Å². The molecule has 318 valence electrons. The van der Waals surface area contributed by atoms with E-state index in [1.165, 1.54) is 4.90 Å². The number of nitroso groups, excluding NO2 is 1. The number of anilines is 4. The van der Waals surface area contributed by atoms with E-state index in [9.17, 15) is 19.6 Å². The van der Waals surface area contributed by atoms with Gasteiger partial charge in [-0.2, -0.15) is 0 Å². The fraction of sp³-hybridized carbons (Fsp3) is 0.319. The third kappa shape index (κ3) is 12.3. The van der Waals surface area contributed by atoms with Crippen molar-refractivity contribution in [3.05, 3.63) is 137 Å². The minimum atomic E-state index is -0.458. The summed E-state index contributed by atoms with van der Waals surface area (Å²) in [6, 6.07) is 36.5. The van der Waals surface area contributed by atoms with E-state index in [4.69, 9.17) is 4.74 Å². The van der Waals surface area contributed by atoms with Gasteiger partial charge >= 0.3 is 0 Å². The SMILES string of the molecule is Cc1ccc(NC(=O)C(C)c2cc(O)cc(N3CCN(c4ccc(C(=O)NSc5ccc(N[C@H](CCN6CCOCC6)CSc6ccccc6)c(N=O)c5)cc4)CC3)c2)cc1. The van der Waals surface area contributed by atoms with Gasteiger partial charge in [0, 0.05) is 96.1 Å². The second kappa shape index (κ2) is 21.3. The first kappa shape index (κ1) is 43.5. The molecule has 5 aromatic carbocycles. The topological polar surface area (TPSA) is 139 Å². The Bertz CT molecular complexity index is 2230. The maximum Gasteiger partial charge on any atom is 0.261 e. The van der Waals surface area contributed by atoms with E-state index in [-0.39, 0.29) is 23.6 Å². The summed E-state index contributed by atoms with van der Waals surface area (Å²) in [5.74, 6) is 0.110. The number of aryl methyl sites for hydroxylation is 1. The number of thioether (sulfide) groups is 1. The van der Waals surface area contributed by atoms with E-state index in [0.717, 1.165) is 111 Å². The Morgan fingerprint density at radius 2 is 1.51 bits per heavy atom. The van der Waals surface area contributed by atoms with Gasteiger partial charge in [-0.1, -0.05) is 35.9 Å². The zero-order chi connectivity index (χ0) is 42.6. The summed E-state index contributed by atoms with van der Waals surface area (Å²) >= 11 is 2.93. The molecule has 2 atom stereocenters. The molecule has 14 heteroatoms. The molecule has 2 fully saturated rings. The van der Waals surface area contributed by atoms with Crippen LogP contribution in [0, 0.1) is 11.8 Å². The molecular weight excluding hydrogens is 807 g/mol. The number of amides is 2. The highest BCUT2D eigenvalue weighted by atomic mass is 32.2. The molecule has 4 N–H and O–H groups in total. The van der Waals surface area contributed by atoms with Crippen molar-refractivity contribution in [3.63, 3.8) is 0 Å². The van der Waals surface area contributed by atoms with Gasteiger partial charge in [-0.05, 0) is 122 Å². The zero-order valence-corrected chi connectivity index (χ0v) is 36.2. The molecule has 5 aromatic rings. The molecule has 1 unspecified atom stereocenters. The number of nitrogens with one attached hydrogen (secondary N) is 3. The Morgan fingerprint density at radius 3 is 2.21 bits per heavy atom. The predicted octanol–water partition coefficient (Wildman–Crippen LogP) is 8.90. The number of phenolic OH excluding ortho intramolecular Hbond substituents is 1. The summed E-state index contributed by atoms with van der Waals surface area (Å²) in [5.41, 5.74) is 5.98. The van der Waals surface area contributed by atoms with Gasteiger partial charge in [-0.3, -0.25) is 19.2 Å². The summed E-state index contributed by atoms with van der Waals surface area (Å²) in [7, 11) is 0. The average molecular weight is 860 g/mol. The monoisotopic (exact) mass is 859 g/mol. The van der Waals surface area contributed by atoms with Gasteiger partial charge in [0.25, 0.3) is 5.91 Å². The first-order valence-corrected chi connectivity index (χ1v) is 22.5. The average Bonchev–Trinajstić information content (AvgIpc) is 3.30. The number of phenols is 1. The number of piperazine rings is 1. The highest BCUT2D eigenvalue weighted by Crippen LogP contribution is 2.33. The molecule has 2 aliphatic rings. The Hall–Kier alpha value is -5.54. The van der Waals surface area contributed by atoms with Gasteiger partial charge < -0.3 is 30.3 Å². The molecule has 0 aliphatic carbocycles. The zero-order valence-electron chi connectivity index (χ0n) is 34.6. The van der Waals surface area contributed by atoms with Crippen LogP contribution in [-0.2, 0) is 9.53 Å². The standard InChI is InChI=1S/C47H53N7O5S2/c1-33-8-12-37(13-9-33)49-46(56)34(2)36-28-40(30-41(55)29-36)54-22-20-53(21-23-54)39-14-10-35(11-15-39)47(57)51-61-43-16-17-44(45(31-43)50-58)48-38(18-19-52-24-26-59-27-25-52)32-60-42-6-4-3-5-7-42/h3-17,28-31,34,38,48,55H,18-27,32H2,1-2H3,(H,49,56)(H,51,57)/t34?,38-/m1/s1. The number of nitrogens with zero attached hydrogens (tertiary/aromatic N) is 4. The van der Waals surface area contributed by atoms with Crippen LogP contribution >= 0.6 is 23.7 Å². The maximum atomic E-state index is 13.2. The smallest absolute Gasteiger partial charge is 0.261 e. The van der Waals surface area contributed by atoms with Crippen molar-refractivity contribution in [2.24, 2.45) is 5.18 Å². The molecule has 0 aromatic heterocycles. The number of hydrogen-bond acceptors (Lipinski definition) is 12. The number of ether oxygens (including phenoxy) is 1. The molecule has 2 amide bonds. The van der Waals surface area contributed by atoms with Crippen molar-refractivity contribution in [2.45, 2.75) is 42.0 Å². The lowest BCUT2D eigenvalue weighted by Gasteiger charge is -2.37. The van der Waals surface area contributed by atoms with Crippen molar-refractivity contribution < 1.29 is 19.4 Å². The van der Waals surface area contributed by atoms with Crippen LogP contribution in [0.5, 0.6) is 5.75 Å². The molecule has 0 spiro atoms. The number of aromatic hydroxyl groups is 1. The first-order valence-electron chi connectivity index (χ1n) is 20.7. The van der Waals surface area contributed by atoms with E-state index >= 15 is 0 Å². The third-order valence-electron chi connectivity index (χ3n) is 11.1. The van der Waals surface area contributed by atoms with Crippen molar-refractivity contribution in [1.29, 1.82) is 0 Å². The predicted molar refractivity (Wildman–Crippen MR) is 249 cm³/mol. The van der Waals surface area contributed by atoms with E-state index in [2.05, 4.69) is 47.4 Å². The van der Waals surface area contributed by atoms with Gasteiger partial charge in [-0.15, -0.1) is 16.7 Å². The van der Waals surface area contributed by atoms with E-state index in [0.29, 0.717) is 21.8 Å². The molecule has 2 heterocycles. The lowest BCUT2D eigenvalue weighted by Crippen LogP contribution is -2.46. The molecule has 0 saturated carbocycles. The highest BCUT2D eigenvalue weighted by molar-refractivity contribution is 7.99. The summed E-state index contributed by atoms with van der Waals surface area (Å²) in [6.45, 7) is 11.0. The lowest BCUT2D eigenvalue weighted by molar-refractivity contribution is -0.117. The Morgan fingerprint density at radius 1 is 0.803 bits per heavy atom. The van der Waals surface area contributed by atoms with Crippen LogP contribution in [0.3, 0.4) is 0 Å². The third-order valence-corrected chi connectivity index (χ3v) is 13.0. The number of carbonyl (C=O) groups is 2. The summed E-state index contributed by atoms with van der Waals surface area (Å²) < 4.78 is 8.44. The molecule has 0 bridgehead atoms. The first-order chi connectivity index (χ1) is 29.7. The number of carbonyl (C=O) groups excluding carboxylic acids is 2. The van der Waals surface area contributed by atoms with Crippen LogP contribution in [0.25, 0.3) is 0 Å². The van der Waals surface area contributed by atoms with Crippen molar-refractivity contribution in [2.75, 3.05) is 85.2 Å². The molecular formula is C47H53N7O5S2. The van der Waals surface area contributed by atoms with Crippen molar-refractivity contribution in [1.82, 2.24) is 9.62 Å². The fourth-order valence-electron chi connectivity index (χ4n) is 7.37. The largest absolute Gasteiger partial charge is 0.508 e. The van der Waals surface area contributed by atoms with Gasteiger partial charge in [0.1, 0.15) is 11.4 Å². The summed E-state index contributed by atoms with van der Waals surface area (Å²) in [5, 5.41) is 20.5. The van der Waals surface area contributed by atoms with Crippen molar-refractivity contribution >= 4 is 64.0 Å². The highest BCUT2D eigenvalue weighted by Gasteiger charge is 2.23. The van der Waals surface area contributed by atoms with Crippen LogP contribution in [0.15, 0.2) is 130 Å². The number of morpholine rings is 1. The molecule has 7 rings (SSSR count). The molecule has 2 saturated heterocycles. The summed E-state index contributed by atoms with van der Waals surface area (Å²) in [6.07, 6.45) is 0.900. The van der Waals surface area contributed by atoms with Crippen LogP contribution in [0.2, 0.25) is 0 Å². The molecule has 2 aliphatic heterocycles. The van der Waals surface area contributed by atoms with Gasteiger partial charge in [0.15, 0.2) is 0 Å². The maximum absolute atomic E-state index is 13.2. The normalized spacial score (nSPS) is 15.4. The summed E-state index contributed by atoms with van der Waals surface area (Å²) in [4.78, 5) is 47.1. The van der Waals surface area contributed by atoms with Gasteiger partial charge in [0.05, 0.1) is 24.8 Å². The second-order valence-electron chi connectivity index (χ2n) is 15.4. The van der Waals surface area contributed by atoms with Crippen LogP contribution < -0.4 is 25.2 Å². The Kier molecular flexibility index (Phi) is 15.2. The fourth-order valence-corrected chi connectivity index (χ4v) is 8.99.